The summed E-state index contributed by atoms with van der Waals surface area (Å²) in [5.74, 6) is 0. The Labute approximate surface area is 326 Å². The first-order valence-corrected chi connectivity index (χ1v) is 17.8. The van der Waals surface area contributed by atoms with E-state index in [1.165, 1.54) is 4.90 Å². The van der Waals surface area contributed by atoms with E-state index in [0.717, 1.165) is 49.4 Å². The maximum absolute atomic E-state index is 9.55. The van der Waals surface area contributed by atoms with Crippen LogP contribution in [0.25, 0.3) is 77.2 Å². The molecule has 2 nitrogen and oxygen atoms in total. The number of nitrogens with zero attached hydrogens (tertiary/aromatic N) is 1. The van der Waals surface area contributed by atoms with Gasteiger partial charge in [-0.05, 0) is 98.3 Å². The summed E-state index contributed by atoms with van der Waals surface area (Å²) >= 11 is 0. The normalized spacial score (nSPS) is 13.4. The SMILES string of the molecule is [2H]c1c([2H])c(N(c2cccc(-c3cccc4oc5c6ccccc6ccc5c34)c2)c2c([2H])c([2H])c(-c3ccc(-c4ccccc4)cc3)c([2H])c2[2H])c([2H])c([2H])c1-c1ccccc1. The van der Waals surface area contributed by atoms with Crippen molar-refractivity contribution in [2.24, 2.45) is 0 Å². The lowest BCUT2D eigenvalue weighted by molar-refractivity contribution is 0.673. The van der Waals surface area contributed by atoms with Gasteiger partial charge in [0.25, 0.3) is 0 Å². The van der Waals surface area contributed by atoms with Crippen LogP contribution < -0.4 is 4.90 Å². The molecule has 10 aromatic rings. The molecule has 0 N–H and O–H groups in total. The van der Waals surface area contributed by atoms with Gasteiger partial charge in [0.05, 0.1) is 11.0 Å². The molecule has 0 bridgehead atoms. The highest BCUT2D eigenvalue weighted by molar-refractivity contribution is 6.19. The smallest absolute Gasteiger partial charge is 0.143 e. The summed E-state index contributed by atoms with van der Waals surface area (Å²) in [5.41, 5.74) is 6.00. The maximum Gasteiger partial charge on any atom is 0.143 e. The van der Waals surface area contributed by atoms with Gasteiger partial charge in [0.2, 0.25) is 0 Å². The van der Waals surface area contributed by atoms with E-state index < -0.39 is 24.2 Å². The van der Waals surface area contributed by atoms with Crippen molar-refractivity contribution in [3.8, 4) is 44.5 Å². The predicted octanol–water partition coefficient (Wildman–Crippen LogP) is 14.9. The second-order valence-corrected chi connectivity index (χ2v) is 13.1. The minimum atomic E-state index is -0.405. The Morgan fingerprint density at radius 3 is 1.57 bits per heavy atom. The van der Waals surface area contributed by atoms with Gasteiger partial charge in [-0.25, -0.2) is 0 Å². The third kappa shape index (κ3) is 5.71. The van der Waals surface area contributed by atoms with Gasteiger partial charge in [-0.3, -0.25) is 0 Å². The molecular formula is C52H35NO. The molecule has 0 spiro atoms. The number of hydrogen-bond acceptors (Lipinski definition) is 2. The number of furan rings is 1. The average Bonchev–Trinajstić information content (AvgIpc) is 3.71. The van der Waals surface area contributed by atoms with Gasteiger partial charge in [0.1, 0.15) is 11.2 Å². The Morgan fingerprint density at radius 1 is 0.370 bits per heavy atom. The van der Waals surface area contributed by atoms with E-state index in [1.54, 1.807) is 48.5 Å². The molecule has 0 saturated carbocycles. The van der Waals surface area contributed by atoms with Crippen molar-refractivity contribution in [2.45, 2.75) is 0 Å². The number of benzene rings is 9. The predicted molar refractivity (Wildman–Crippen MR) is 228 cm³/mol. The van der Waals surface area contributed by atoms with Crippen LogP contribution in [0.3, 0.4) is 0 Å². The Balaban J connectivity index is 1.20. The number of rotatable bonds is 7. The Morgan fingerprint density at radius 2 is 0.907 bits per heavy atom. The maximum atomic E-state index is 9.55. The van der Waals surface area contributed by atoms with E-state index in [1.807, 2.05) is 109 Å². The minimum absolute atomic E-state index is 0.0991. The van der Waals surface area contributed by atoms with Crippen LogP contribution >= 0.6 is 0 Å². The molecular weight excluding hydrogens is 655 g/mol. The van der Waals surface area contributed by atoms with E-state index in [-0.39, 0.29) is 46.7 Å². The highest BCUT2D eigenvalue weighted by atomic mass is 16.3. The summed E-state index contributed by atoms with van der Waals surface area (Å²) in [7, 11) is 0. The molecule has 0 aliphatic carbocycles. The molecule has 10 rings (SSSR count). The summed E-state index contributed by atoms with van der Waals surface area (Å²) < 4.78 is 81.8. The van der Waals surface area contributed by atoms with Crippen molar-refractivity contribution in [3.63, 3.8) is 0 Å². The van der Waals surface area contributed by atoms with Crippen molar-refractivity contribution < 1.29 is 15.4 Å². The topological polar surface area (TPSA) is 16.4 Å². The van der Waals surface area contributed by atoms with Crippen LogP contribution in [0.1, 0.15) is 11.0 Å². The van der Waals surface area contributed by atoms with Crippen molar-refractivity contribution in [1.82, 2.24) is 0 Å². The van der Waals surface area contributed by atoms with Gasteiger partial charge >= 0.3 is 0 Å². The van der Waals surface area contributed by atoms with Crippen LogP contribution in [0.2, 0.25) is 0 Å². The largest absolute Gasteiger partial charge is 0.455 e. The van der Waals surface area contributed by atoms with Crippen LogP contribution in [0.5, 0.6) is 0 Å². The van der Waals surface area contributed by atoms with E-state index in [9.17, 15) is 11.0 Å². The first-order chi connectivity index (χ1) is 30.1. The molecule has 254 valence electrons. The van der Waals surface area contributed by atoms with E-state index in [2.05, 4.69) is 6.07 Å². The highest BCUT2D eigenvalue weighted by Crippen LogP contribution is 2.42. The molecule has 0 saturated heterocycles. The Bertz CT molecular complexity index is 3330. The Hall–Kier alpha value is -7.16. The van der Waals surface area contributed by atoms with Crippen molar-refractivity contribution in [3.05, 3.63) is 212 Å². The third-order valence-electron chi connectivity index (χ3n) is 9.82. The number of fused-ring (bicyclic) bond motifs is 5. The molecule has 0 radical (unpaired) electrons. The lowest BCUT2D eigenvalue weighted by Crippen LogP contribution is -2.10. The summed E-state index contributed by atoms with van der Waals surface area (Å²) in [6.07, 6.45) is 0. The van der Waals surface area contributed by atoms with Gasteiger partial charge < -0.3 is 9.32 Å². The molecule has 0 unspecified atom stereocenters. The summed E-state index contributed by atoms with van der Waals surface area (Å²) in [5, 5.41) is 3.82. The molecule has 0 amide bonds. The molecule has 0 atom stereocenters. The van der Waals surface area contributed by atoms with Gasteiger partial charge in [-0.15, -0.1) is 0 Å². The second kappa shape index (κ2) is 13.4. The summed E-state index contributed by atoms with van der Waals surface area (Å²) in [4.78, 5) is 1.35. The lowest BCUT2D eigenvalue weighted by atomic mass is 9.97. The molecule has 0 aliphatic heterocycles. The van der Waals surface area contributed by atoms with E-state index in [4.69, 9.17) is 4.42 Å². The zero-order valence-electron chi connectivity index (χ0n) is 36.9. The van der Waals surface area contributed by atoms with Gasteiger partial charge in [0, 0.05) is 33.2 Å². The standard InChI is InChI=1S/C52H35NO/c1-3-11-36(12-4-1)38-21-23-39(24-22-38)41-27-32-45(33-28-41)53(44-30-25-40(26-31-44)37-13-5-2-6-14-37)46-17-9-16-43(35-46)47-19-10-20-50-51(47)49-34-29-42-15-7-8-18-48(42)52(49)54-50/h1-35H/i25D,26D,27D,28D,30D,31D,32D,33D. The van der Waals surface area contributed by atoms with Gasteiger partial charge in [-0.1, -0.05) is 164 Å². The monoisotopic (exact) mass is 697 g/mol. The van der Waals surface area contributed by atoms with Crippen molar-refractivity contribution in [2.75, 3.05) is 4.90 Å². The second-order valence-electron chi connectivity index (χ2n) is 13.1. The number of anilines is 3. The summed E-state index contributed by atoms with van der Waals surface area (Å²) in [6.45, 7) is 0. The third-order valence-corrected chi connectivity index (χ3v) is 9.82. The van der Waals surface area contributed by atoms with Crippen LogP contribution in [-0.2, 0) is 0 Å². The fourth-order valence-electron chi connectivity index (χ4n) is 7.17. The molecule has 1 heterocycles. The molecule has 0 aliphatic rings. The molecule has 2 heteroatoms. The zero-order chi connectivity index (χ0) is 42.8. The summed E-state index contributed by atoms with van der Waals surface area (Å²) in [6, 6.07) is 48.3. The van der Waals surface area contributed by atoms with Crippen molar-refractivity contribution >= 4 is 49.8 Å². The van der Waals surface area contributed by atoms with Crippen LogP contribution in [-0.4, -0.2) is 0 Å². The van der Waals surface area contributed by atoms with Crippen LogP contribution in [0.4, 0.5) is 17.1 Å². The number of hydrogen-bond donors (Lipinski definition) is 0. The molecule has 9 aromatic carbocycles. The van der Waals surface area contributed by atoms with E-state index >= 15 is 0 Å². The van der Waals surface area contributed by atoms with E-state index in [0.29, 0.717) is 22.4 Å². The Kier molecular flexibility index (Phi) is 6.01. The first kappa shape index (κ1) is 24.2. The molecule has 0 fully saturated rings. The fourth-order valence-corrected chi connectivity index (χ4v) is 7.17. The molecule has 54 heavy (non-hydrogen) atoms. The fraction of sp³-hybridized carbons (Fsp3) is 0. The quantitative estimate of drug-likeness (QED) is 0.165. The lowest BCUT2D eigenvalue weighted by Gasteiger charge is -2.26. The average molecular weight is 698 g/mol. The van der Waals surface area contributed by atoms with Crippen LogP contribution in [0.15, 0.2) is 217 Å². The zero-order valence-corrected chi connectivity index (χ0v) is 28.9. The minimum Gasteiger partial charge on any atom is -0.455 e. The molecule has 1 aromatic heterocycles. The van der Waals surface area contributed by atoms with Gasteiger partial charge in [0.15, 0.2) is 0 Å². The van der Waals surface area contributed by atoms with Crippen molar-refractivity contribution in [1.29, 1.82) is 0 Å². The first-order valence-electron chi connectivity index (χ1n) is 21.8. The van der Waals surface area contributed by atoms with Crippen LogP contribution in [0, 0.1) is 0 Å². The highest BCUT2D eigenvalue weighted by Gasteiger charge is 2.18. The van der Waals surface area contributed by atoms with Gasteiger partial charge in [-0.2, -0.15) is 0 Å².